The predicted molar refractivity (Wildman–Crippen MR) is 104 cm³/mol. The molecule has 7 heteroatoms. The molecule has 0 aliphatic heterocycles. The molecule has 0 radical (unpaired) electrons. The summed E-state index contributed by atoms with van der Waals surface area (Å²) in [4.78, 5) is 25.2. The molecule has 0 atom stereocenters. The minimum absolute atomic E-state index is 0.154. The minimum atomic E-state index is -0.494. The lowest BCUT2D eigenvalue weighted by Crippen LogP contribution is -2.29. The fourth-order valence-electron chi connectivity index (χ4n) is 2.64. The topological polar surface area (TPSA) is 96.6 Å². The fraction of sp³-hybridized carbons (Fsp3) is 0.200. The van der Waals surface area contributed by atoms with Crippen LogP contribution < -0.4 is 11.0 Å². The summed E-state index contributed by atoms with van der Waals surface area (Å²) in [7, 11) is 0. The second kappa shape index (κ2) is 8.27. The number of benzene rings is 2. The number of amides is 1. The van der Waals surface area contributed by atoms with E-state index >= 15 is 0 Å². The molecule has 0 saturated heterocycles. The van der Waals surface area contributed by atoms with E-state index < -0.39 is 5.91 Å². The summed E-state index contributed by atoms with van der Waals surface area (Å²) in [5.74, 6) is -0.340. The van der Waals surface area contributed by atoms with Gasteiger partial charge in [-0.25, -0.2) is 10.1 Å². The van der Waals surface area contributed by atoms with Gasteiger partial charge in [-0.1, -0.05) is 31.5 Å². The molecule has 1 amide bonds. The monoisotopic (exact) mass is 364 g/mol. The van der Waals surface area contributed by atoms with Gasteiger partial charge in [0.25, 0.3) is 11.5 Å². The zero-order valence-electron chi connectivity index (χ0n) is 14.9. The van der Waals surface area contributed by atoms with Gasteiger partial charge in [0, 0.05) is 11.9 Å². The van der Waals surface area contributed by atoms with Gasteiger partial charge in [-0.3, -0.25) is 9.59 Å². The van der Waals surface area contributed by atoms with Gasteiger partial charge >= 0.3 is 0 Å². The number of hydrogen-bond donors (Lipinski definition) is 2. The Morgan fingerprint density at radius 2 is 1.89 bits per heavy atom. The van der Waals surface area contributed by atoms with Crippen LogP contribution in [-0.4, -0.2) is 27.0 Å². The van der Waals surface area contributed by atoms with Crippen LogP contribution in [0.25, 0.3) is 10.8 Å². The maximum Gasteiger partial charge on any atom is 0.292 e. The molecule has 1 heterocycles. The van der Waals surface area contributed by atoms with E-state index in [-0.39, 0.29) is 17.0 Å². The third kappa shape index (κ3) is 4.20. The molecule has 1 aromatic heterocycles. The number of fused-ring (bicyclic) bond motifs is 1. The van der Waals surface area contributed by atoms with Crippen molar-refractivity contribution in [2.45, 2.75) is 26.3 Å². The molecule has 138 valence electrons. The van der Waals surface area contributed by atoms with Crippen LogP contribution in [0.5, 0.6) is 5.75 Å². The number of unbranched alkanes of at least 4 members (excludes halogenated alkanes) is 1. The van der Waals surface area contributed by atoms with Gasteiger partial charge in [0.1, 0.15) is 5.75 Å². The molecule has 2 N–H and O–H groups in total. The van der Waals surface area contributed by atoms with E-state index in [0.29, 0.717) is 17.3 Å². The first-order valence-electron chi connectivity index (χ1n) is 8.72. The van der Waals surface area contributed by atoms with Gasteiger partial charge in [0.15, 0.2) is 5.69 Å². The normalized spacial score (nSPS) is 11.1. The molecule has 3 aromatic rings. The Hall–Kier alpha value is -3.48. The van der Waals surface area contributed by atoms with Gasteiger partial charge in [-0.2, -0.15) is 10.2 Å². The third-order valence-electron chi connectivity index (χ3n) is 4.08. The number of aryl methyl sites for hydroxylation is 1. The summed E-state index contributed by atoms with van der Waals surface area (Å²) in [6.45, 7) is 2.48. The van der Waals surface area contributed by atoms with Crippen LogP contribution in [-0.2, 0) is 6.54 Å². The van der Waals surface area contributed by atoms with Gasteiger partial charge in [0.2, 0.25) is 0 Å². The molecule has 3 rings (SSSR count). The Labute approximate surface area is 156 Å². The summed E-state index contributed by atoms with van der Waals surface area (Å²) in [6, 6.07) is 13.3. The zero-order chi connectivity index (χ0) is 19.2. The van der Waals surface area contributed by atoms with Crippen molar-refractivity contribution in [1.82, 2.24) is 15.2 Å². The lowest BCUT2D eigenvalue weighted by Gasteiger charge is -2.09. The summed E-state index contributed by atoms with van der Waals surface area (Å²) < 4.78 is 1.34. The van der Waals surface area contributed by atoms with Gasteiger partial charge in [0.05, 0.1) is 11.6 Å². The van der Waals surface area contributed by atoms with Crippen molar-refractivity contribution < 1.29 is 9.90 Å². The van der Waals surface area contributed by atoms with E-state index in [0.717, 1.165) is 18.4 Å². The number of carbonyl (C=O) groups is 1. The number of nitrogens with one attached hydrogen (secondary N) is 1. The molecule has 0 spiro atoms. The molecule has 0 unspecified atom stereocenters. The average Bonchev–Trinajstić information content (AvgIpc) is 2.69. The zero-order valence-corrected chi connectivity index (χ0v) is 14.9. The quantitative estimate of drug-likeness (QED) is 0.519. The molecule has 0 bridgehead atoms. The van der Waals surface area contributed by atoms with Crippen molar-refractivity contribution in [2.24, 2.45) is 5.10 Å². The molecule has 7 nitrogen and oxygen atoms in total. The fourth-order valence-corrected chi connectivity index (χ4v) is 2.64. The molecule has 2 aromatic carbocycles. The number of phenols is 1. The molecule has 0 saturated carbocycles. The van der Waals surface area contributed by atoms with Crippen molar-refractivity contribution in [3.8, 4) is 5.75 Å². The smallest absolute Gasteiger partial charge is 0.292 e. The Morgan fingerprint density at radius 1 is 1.19 bits per heavy atom. The summed E-state index contributed by atoms with van der Waals surface area (Å²) in [6.07, 6.45) is 3.18. The second-order valence-electron chi connectivity index (χ2n) is 6.07. The van der Waals surface area contributed by atoms with Crippen LogP contribution in [0.1, 0.15) is 35.8 Å². The number of aromatic nitrogens is 2. The Balaban J connectivity index is 1.90. The Kier molecular flexibility index (Phi) is 5.61. The number of rotatable bonds is 6. The first-order valence-corrected chi connectivity index (χ1v) is 8.72. The van der Waals surface area contributed by atoms with Crippen molar-refractivity contribution in [3.63, 3.8) is 0 Å². The highest BCUT2D eigenvalue weighted by Crippen LogP contribution is 2.13. The molecular weight excluding hydrogens is 344 g/mol. The van der Waals surface area contributed by atoms with Crippen molar-refractivity contribution in [1.29, 1.82) is 0 Å². The van der Waals surface area contributed by atoms with E-state index in [1.54, 1.807) is 36.4 Å². The van der Waals surface area contributed by atoms with Gasteiger partial charge in [-0.15, -0.1) is 0 Å². The van der Waals surface area contributed by atoms with Crippen LogP contribution in [0.4, 0.5) is 0 Å². The largest absolute Gasteiger partial charge is 0.508 e. The lowest BCUT2D eigenvalue weighted by molar-refractivity contribution is 0.0949. The first kappa shape index (κ1) is 18.3. The number of hydrazone groups is 1. The Morgan fingerprint density at radius 3 is 2.59 bits per heavy atom. The van der Waals surface area contributed by atoms with Crippen molar-refractivity contribution in [2.75, 3.05) is 0 Å². The summed E-state index contributed by atoms with van der Waals surface area (Å²) >= 11 is 0. The average molecular weight is 364 g/mol. The maximum atomic E-state index is 12.6. The number of hydrogen-bond acceptors (Lipinski definition) is 5. The molecule has 0 fully saturated rings. The van der Waals surface area contributed by atoms with Crippen LogP contribution in [0.3, 0.4) is 0 Å². The molecule has 0 aliphatic rings. The van der Waals surface area contributed by atoms with E-state index in [2.05, 4.69) is 15.6 Å². The van der Waals surface area contributed by atoms with E-state index in [1.807, 2.05) is 6.92 Å². The summed E-state index contributed by atoms with van der Waals surface area (Å²) in [5.41, 5.74) is 3.12. The maximum absolute atomic E-state index is 12.6. The summed E-state index contributed by atoms with van der Waals surface area (Å²) in [5, 5.41) is 18.4. The number of aromatic hydroxyl groups is 1. The number of carbonyl (C=O) groups excluding carboxylic acids is 1. The predicted octanol–water partition coefficient (Wildman–Crippen LogP) is 2.67. The van der Waals surface area contributed by atoms with E-state index in [4.69, 9.17) is 0 Å². The highest BCUT2D eigenvalue weighted by atomic mass is 16.3. The van der Waals surface area contributed by atoms with Crippen LogP contribution >= 0.6 is 0 Å². The highest BCUT2D eigenvalue weighted by Gasteiger charge is 2.16. The van der Waals surface area contributed by atoms with E-state index in [1.165, 1.54) is 23.0 Å². The van der Waals surface area contributed by atoms with Crippen LogP contribution in [0, 0.1) is 0 Å². The molecule has 0 aliphatic carbocycles. The molecular formula is C20H20N4O3. The SMILES string of the molecule is CCCCn1nc(C(=O)NN=Cc2ccc(O)cc2)c2ccccc2c1=O. The second-order valence-corrected chi connectivity index (χ2v) is 6.07. The van der Waals surface area contributed by atoms with E-state index in [9.17, 15) is 14.7 Å². The van der Waals surface area contributed by atoms with Gasteiger partial charge < -0.3 is 5.11 Å². The Bertz CT molecular complexity index is 1040. The molecule has 27 heavy (non-hydrogen) atoms. The number of nitrogens with zero attached hydrogens (tertiary/aromatic N) is 3. The highest BCUT2D eigenvalue weighted by molar-refractivity contribution is 6.04. The third-order valence-corrected chi connectivity index (χ3v) is 4.08. The van der Waals surface area contributed by atoms with Gasteiger partial charge in [-0.05, 0) is 42.3 Å². The van der Waals surface area contributed by atoms with Crippen molar-refractivity contribution in [3.05, 3.63) is 70.1 Å². The first-order chi connectivity index (χ1) is 13.1. The van der Waals surface area contributed by atoms with Crippen molar-refractivity contribution >= 4 is 22.9 Å². The standard InChI is InChI=1S/C20H20N4O3/c1-2-3-12-24-20(27)17-7-5-4-6-16(17)18(23-24)19(26)22-21-13-14-8-10-15(25)11-9-14/h4-11,13,25H,2-3,12H2,1H3,(H,22,26). The minimum Gasteiger partial charge on any atom is -0.508 e. The lowest BCUT2D eigenvalue weighted by atomic mass is 10.1. The van der Waals surface area contributed by atoms with Crippen LogP contribution in [0.2, 0.25) is 0 Å². The number of phenolic OH excluding ortho intramolecular Hbond substituents is 1. The van der Waals surface area contributed by atoms with Crippen LogP contribution in [0.15, 0.2) is 58.4 Å².